The third-order valence-electron chi connectivity index (χ3n) is 4.28. The van der Waals surface area contributed by atoms with E-state index in [2.05, 4.69) is 20.2 Å². The van der Waals surface area contributed by atoms with E-state index >= 15 is 0 Å². The van der Waals surface area contributed by atoms with E-state index in [0.717, 1.165) is 5.82 Å². The van der Waals surface area contributed by atoms with Gasteiger partial charge >= 0.3 is 0 Å². The first-order valence-corrected chi connectivity index (χ1v) is 8.65. The van der Waals surface area contributed by atoms with Crippen LogP contribution in [0.25, 0.3) is 5.65 Å². The molecule has 1 aliphatic heterocycles. The van der Waals surface area contributed by atoms with E-state index in [9.17, 15) is 4.79 Å². The van der Waals surface area contributed by atoms with E-state index < -0.39 is 0 Å². The fraction of sp³-hybridized carbons (Fsp3) is 0.294. The van der Waals surface area contributed by atoms with Gasteiger partial charge < -0.3 is 14.5 Å². The summed E-state index contributed by atoms with van der Waals surface area (Å²) in [6.45, 7) is 2.71. The van der Waals surface area contributed by atoms with Gasteiger partial charge in [0.2, 0.25) is 0 Å². The molecular formula is C17H17ClN6O2. The van der Waals surface area contributed by atoms with Crippen molar-refractivity contribution in [3.63, 3.8) is 0 Å². The van der Waals surface area contributed by atoms with Crippen LogP contribution in [0.1, 0.15) is 0 Å². The van der Waals surface area contributed by atoms with Gasteiger partial charge in [-0.05, 0) is 36.4 Å². The summed E-state index contributed by atoms with van der Waals surface area (Å²) in [5.41, 5.74) is 0.710. The average molecular weight is 373 g/mol. The molecule has 4 rings (SSSR count). The summed E-state index contributed by atoms with van der Waals surface area (Å²) < 4.78 is 7.18. The lowest BCUT2D eigenvalue weighted by atomic mass is 10.3. The molecule has 134 valence electrons. The molecule has 0 bridgehead atoms. The smallest absolute Gasteiger partial charge is 0.260 e. The Bertz CT molecular complexity index is 905. The third kappa shape index (κ3) is 3.55. The Hall–Kier alpha value is -2.87. The van der Waals surface area contributed by atoms with Crippen molar-refractivity contribution in [1.29, 1.82) is 0 Å². The van der Waals surface area contributed by atoms with Gasteiger partial charge in [-0.15, -0.1) is 15.3 Å². The van der Waals surface area contributed by atoms with Gasteiger partial charge in [0.1, 0.15) is 17.9 Å². The first-order chi connectivity index (χ1) is 12.7. The summed E-state index contributed by atoms with van der Waals surface area (Å²) in [7, 11) is 0. The monoisotopic (exact) mass is 372 g/mol. The molecule has 0 aliphatic carbocycles. The minimum atomic E-state index is -0.0261. The summed E-state index contributed by atoms with van der Waals surface area (Å²) in [6, 6.07) is 10.8. The summed E-state index contributed by atoms with van der Waals surface area (Å²) in [5, 5.41) is 12.9. The van der Waals surface area contributed by atoms with Crippen LogP contribution in [-0.2, 0) is 4.79 Å². The van der Waals surface area contributed by atoms with Crippen LogP contribution in [0.5, 0.6) is 5.75 Å². The van der Waals surface area contributed by atoms with Crippen LogP contribution in [0.3, 0.4) is 0 Å². The van der Waals surface area contributed by atoms with Crippen LogP contribution in [-0.4, -0.2) is 63.4 Å². The highest BCUT2D eigenvalue weighted by atomic mass is 35.5. The number of fused-ring (bicyclic) bond motifs is 1. The van der Waals surface area contributed by atoms with Gasteiger partial charge in [-0.25, -0.2) is 0 Å². The van der Waals surface area contributed by atoms with E-state index in [1.807, 2.05) is 17.0 Å². The number of nitrogens with zero attached hydrogens (tertiary/aromatic N) is 6. The van der Waals surface area contributed by atoms with Gasteiger partial charge in [-0.1, -0.05) is 11.6 Å². The zero-order chi connectivity index (χ0) is 17.9. The topological polar surface area (TPSA) is 75.9 Å². The summed E-state index contributed by atoms with van der Waals surface area (Å²) >= 11 is 5.84. The predicted molar refractivity (Wildman–Crippen MR) is 96.5 cm³/mol. The Balaban J connectivity index is 1.31. The molecule has 1 amide bonds. The molecule has 0 unspecified atom stereocenters. The molecule has 9 heteroatoms. The minimum absolute atomic E-state index is 0.0204. The predicted octanol–water partition coefficient (Wildman–Crippen LogP) is 1.51. The fourth-order valence-corrected chi connectivity index (χ4v) is 2.97. The number of ether oxygens (including phenoxy) is 1. The highest BCUT2D eigenvalue weighted by molar-refractivity contribution is 6.30. The Labute approximate surface area is 154 Å². The van der Waals surface area contributed by atoms with Crippen LogP contribution in [0, 0.1) is 0 Å². The molecular weight excluding hydrogens is 356 g/mol. The van der Waals surface area contributed by atoms with Crippen LogP contribution >= 0.6 is 11.6 Å². The Morgan fingerprint density at radius 2 is 1.85 bits per heavy atom. The number of carbonyl (C=O) groups excluding carboxylic acids is 1. The van der Waals surface area contributed by atoms with Crippen molar-refractivity contribution in [3.8, 4) is 5.75 Å². The van der Waals surface area contributed by atoms with Crippen LogP contribution in [0.15, 0.2) is 42.7 Å². The first-order valence-electron chi connectivity index (χ1n) is 8.27. The maximum atomic E-state index is 12.3. The Morgan fingerprint density at radius 3 is 2.62 bits per heavy atom. The van der Waals surface area contributed by atoms with Crippen molar-refractivity contribution in [2.45, 2.75) is 0 Å². The molecule has 0 N–H and O–H groups in total. The molecule has 1 aromatic carbocycles. The fourth-order valence-electron chi connectivity index (χ4n) is 2.84. The van der Waals surface area contributed by atoms with Crippen molar-refractivity contribution < 1.29 is 9.53 Å². The minimum Gasteiger partial charge on any atom is -0.484 e. The number of anilines is 1. The molecule has 1 saturated heterocycles. The maximum Gasteiger partial charge on any atom is 0.260 e. The average Bonchev–Trinajstić information content (AvgIpc) is 3.15. The number of benzene rings is 1. The van der Waals surface area contributed by atoms with E-state index in [4.69, 9.17) is 16.3 Å². The summed E-state index contributed by atoms with van der Waals surface area (Å²) in [4.78, 5) is 16.3. The molecule has 1 aliphatic rings. The Kier molecular flexibility index (Phi) is 4.57. The molecule has 8 nitrogen and oxygen atoms in total. The quantitative estimate of drug-likeness (QED) is 0.691. The van der Waals surface area contributed by atoms with Gasteiger partial charge in [-0.2, -0.15) is 4.52 Å². The molecule has 0 radical (unpaired) electrons. The molecule has 0 spiro atoms. The van der Waals surface area contributed by atoms with Gasteiger partial charge in [0.05, 0.1) is 0 Å². The van der Waals surface area contributed by atoms with Gasteiger partial charge in [0.15, 0.2) is 12.3 Å². The number of hydrogen-bond acceptors (Lipinski definition) is 6. The Morgan fingerprint density at radius 1 is 1.08 bits per heavy atom. The number of hydrogen-bond donors (Lipinski definition) is 0. The zero-order valence-corrected chi connectivity index (χ0v) is 14.7. The number of carbonyl (C=O) groups is 1. The molecule has 2 aromatic heterocycles. The van der Waals surface area contributed by atoms with Gasteiger partial charge in [0.25, 0.3) is 5.91 Å². The zero-order valence-electron chi connectivity index (χ0n) is 14.0. The van der Waals surface area contributed by atoms with E-state index in [-0.39, 0.29) is 12.5 Å². The lowest BCUT2D eigenvalue weighted by Gasteiger charge is -2.35. The van der Waals surface area contributed by atoms with E-state index in [0.29, 0.717) is 42.6 Å². The largest absolute Gasteiger partial charge is 0.484 e. The molecule has 1 fully saturated rings. The first kappa shape index (κ1) is 16.6. The molecule has 26 heavy (non-hydrogen) atoms. The summed E-state index contributed by atoms with van der Waals surface area (Å²) in [6.07, 6.45) is 1.58. The van der Waals surface area contributed by atoms with Crippen molar-refractivity contribution >= 4 is 29.0 Å². The van der Waals surface area contributed by atoms with Crippen LogP contribution in [0.4, 0.5) is 5.82 Å². The maximum absolute atomic E-state index is 12.3. The second-order valence-electron chi connectivity index (χ2n) is 5.94. The standard InChI is InChI=1S/C17H17ClN6O2/c18-13-1-3-14(4-2-13)26-11-17(25)23-9-7-22(8-10-23)16-6-5-15-20-19-12-24(15)21-16/h1-6,12H,7-11H2. The highest BCUT2D eigenvalue weighted by Crippen LogP contribution is 2.16. The van der Waals surface area contributed by atoms with Crippen LogP contribution in [0.2, 0.25) is 5.02 Å². The van der Waals surface area contributed by atoms with E-state index in [1.165, 1.54) is 0 Å². The van der Waals surface area contributed by atoms with Gasteiger partial charge in [0, 0.05) is 31.2 Å². The van der Waals surface area contributed by atoms with Crippen molar-refractivity contribution in [3.05, 3.63) is 47.7 Å². The van der Waals surface area contributed by atoms with Crippen LogP contribution < -0.4 is 9.64 Å². The lowest BCUT2D eigenvalue weighted by Crippen LogP contribution is -2.50. The van der Waals surface area contributed by atoms with Crippen molar-refractivity contribution in [2.75, 3.05) is 37.7 Å². The second-order valence-corrected chi connectivity index (χ2v) is 6.37. The molecule has 3 heterocycles. The molecule has 3 aromatic rings. The molecule has 0 saturated carbocycles. The SMILES string of the molecule is O=C(COc1ccc(Cl)cc1)N1CCN(c2ccc3nncn3n2)CC1. The number of halogens is 1. The number of piperazine rings is 1. The number of amides is 1. The number of rotatable bonds is 4. The number of aromatic nitrogens is 4. The van der Waals surface area contributed by atoms with Crippen molar-refractivity contribution in [1.82, 2.24) is 24.7 Å². The highest BCUT2D eigenvalue weighted by Gasteiger charge is 2.22. The van der Waals surface area contributed by atoms with E-state index in [1.54, 1.807) is 35.1 Å². The second kappa shape index (κ2) is 7.17. The normalized spacial score (nSPS) is 14.7. The summed E-state index contributed by atoms with van der Waals surface area (Å²) in [5.74, 6) is 1.46. The van der Waals surface area contributed by atoms with Gasteiger partial charge in [-0.3, -0.25) is 4.79 Å². The third-order valence-corrected chi connectivity index (χ3v) is 4.53. The van der Waals surface area contributed by atoms with Crippen molar-refractivity contribution in [2.24, 2.45) is 0 Å². The lowest BCUT2D eigenvalue weighted by molar-refractivity contribution is -0.133. The molecule has 0 atom stereocenters.